The van der Waals surface area contributed by atoms with E-state index in [0.717, 1.165) is 18.4 Å². The predicted octanol–water partition coefficient (Wildman–Crippen LogP) is 3.37. The third-order valence-electron chi connectivity index (χ3n) is 3.93. The maximum Gasteiger partial charge on any atom is 0.213 e. The average molecular weight is 351 g/mol. The number of aliphatic hydroxyl groups is 1. The van der Waals surface area contributed by atoms with E-state index in [4.69, 9.17) is 18.9 Å². The van der Waals surface area contributed by atoms with Gasteiger partial charge < -0.3 is 24.1 Å². The molecule has 1 aromatic heterocycles. The molecular formula is C19H29NO5. The summed E-state index contributed by atoms with van der Waals surface area (Å²) >= 11 is 0. The molecule has 140 valence electrons. The number of hydrogen-bond acceptors (Lipinski definition) is 6. The van der Waals surface area contributed by atoms with E-state index in [1.54, 1.807) is 6.20 Å². The van der Waals surface area contributed by atoms with Crippen LogP contribution < -0.4 is 4.74 Å². The molecule has 0 radical (unpaired) electrons. The minimum atomic E-state index is -1.02. The van der Waals surface area contributed by atoms with Crippen LogP contribution in [0, 0.1) is 0 Å². The molecule has 0 spiro atoms. The summed E-state index contributed by atoms with van der Waals surface area (Å²) in [7, 11) is 0. The molecule has 1 aliphatic heterocycles. The Kier molecular flexibility index (Phi) is 8.34. The molecule has 1 saturated heterocycles. The molecule has 25 heavy (non-hydrogen) atoms. The van der Waals surface area contributed by atoms with Crippen molar-refractivity contribution in [2.24, 2.45) is 0 Å². The van der Waals surface area contributed by atoms with E-state index < -0.39 is 12.1 Å². The van der Waals surface area contributed by atoms with Gasteiger partial charge in [-0.25, -0.2) is 4.98 Å². The van der Waals surface area contributed by atoms with Gasteiger partial charge in [-0.05, 0) is 32.8 Å². The third-order valence-corrected chi connectivity index (χ3v) is 3.93. The summed E-state index contributed by atoms with van der Waals surface area (Å²) < 4.78 is 22.3. The quantitative estimate of drug-likeness (QED) is 0.515. The molecule has 1 aromatic rings. The lowest BCUT2D eigenvalue weighted by Crippen LogP contribution is -2.35. The summed E-state index contributed by atoms with van der Waals surface area (Å²) in [6, 6.07) is 3.68. The highest BCUT2D eigenvalue weighted by Gasteiger charge is 2.28. The lowest BCUT2D eigenvalue weighted by Gasteiger charge is -2.31. The van der Waals surface area contributed by atoms with Gasteiger partial charge in [-0.3, -0.25) is 0 Å². The normalized spacial score (nSPS) is 21.1. The molecule has 0 saturated carbocycles. The fourth-order valence-electron chi connectivity index (χ4n) is 2.66. The van der Waals surface area contributed by atoms with Gasteiger partial charge in [-0.15, -0.1) is 0 Å². The minimum absolute atomic E-state index is 0.375. The van der Waals surface area contributed by atoms with Gasteiger partial charge in [0.05, 0.1) is 6.61 Å². The lowest BCUT2D eigenvalue weighted by molar-refractivity contribution is -0.221. The first kappa shape index (κ1) is 19.8. The van der Waals surface area contributed by atoms with Crippen molar-refractivity contribution in [2.45, 2.75) is 51.6 Å². The molecular weight excluding hydrogens is 322 g/mol. The van der Waals surface area contributed by atoms with Gasteiger partial charge in [0.15, 0.2) is 12.1 Å². The van der Waals surface area contributed by atoms with Crippen LogP contribution in [0.3, 0.4) is 0 Å². The molecule has 0 bridgehead atoms. The molecule has 1 N–H and O–H groups in total. The molecule has 2 rings (SSSR count). The fourth-order valence-corrected chi connectivity index (χ4v) is 2.66. The first-order chi connectivity index (χ1) is 12.2. The van der Waals surface area contributed by atoms with Gasteiger partial charge in [0.25, 0.3) is 0 Å². The summed E-state index contributed by atoms with van der Waals surface area (Å²) in [6.07, 6.45) is 8.19. The van der Waals surface area contributed by atoms with Crippen molar-refractivity contribution in [3.63, 3.8) is 0 Å². The van der Waals surface area contributed by atoms with E-state index in [1.165, 1.54) is 0 Å². The van der Waals surface area contributed by atoms with Crippen molar-refractivity contribution in [3.05, 3.63) is 36.0 Å². The first-order valence-electron chi connectivity index (χ1n) is 9.00. The number of pyridine rings is 1. The summed E-state index contributed by atoms with van der Waals surface area (Å²) in [5.74, 6) is -0.506. The van der Waals surface area contributed by atoms with E-state index in [-0.39, 0.29) is 0 Å². The standard InChI is InChI=1S/C19H29NO5/c1-3-22-18(23-4-2)16-9-12-20-17(15-16)24-13-7-5-10-19(21)11-6-8-14-25-19/h5,7,9,12,15,18,21H,3-4,6,8,10-11,13-14H2,1-2H3/b7-5-. The van der Waals surface area contributed by atoms with E-state index in [9.17, 15) is 5.11 Å². The van der Waals surface area contributed by atoms with Crippen LogP contribution in [0.1, 0.15) is 51.4 Å². The SMILES string of the molecule is CCOC(OCC)c1ccnc(OC/C=C\CC2(O)CCCCO2)c1. The van der Waals surface area contributed by atoms with Crippen molar-refractivity contribution < 1.29 is 24.1 Å². The summed E-state index contributed by atoms with van der Waals surface area (Å²) in [6.45, 7) is 5.99. The third kappa shape index (κ3) is 6.74. The second-order valence-electron chi connectivity index (χ2n) is 5.91. The highest BCUT2D eigenvalue weighted by molar-refractivity contribution is 5.21. The zero-order valence-corrected chi connectivity index (χ0v) is 15.1. The highest BCUT2D eigenvalue weighted by Crippen LogP contribution is 2.25. The van der Waals surface area contributed by atoms with Gasteiger partial charge in [-0.2, -0.15) is 0 Å². The smallest absolute Gasteiger partial charge is 0.213 e. The van der Waals surface area contributed by atoms with Crippen LogP contribution in [-0.4, -0.2) is 42.3 Å². The van der Waals surface area contributed by atoms with E-state index in [0.29, 0.717) is 45.1 Å². The molecule has 1 aliphatic rings. The van der Waals surface area contributed by atoms with Gasteiger partial charge in [0.1, 0.15) is 6.61 Å². The van der Waals surface area contributed by atoms with Crippen molar-refractivity contribution in [3.8, 4) is 5.88 Å². The molecule has 2 heterocycles. The van der Waals surface area contributed by atoms with E-state index in [1.807, 2.05) is 38.1 Å². The van der Waals surface area contributed by atoms with Crippen molar-refractivity contribution in [1.82, 2.24) is 4.98 Å². The zero-order chi connectivity index (χ0) is 18.0. The Morgan fingerprint density at radius 2 is 2.08 bits per heavy atom. The molecule has 1 fully saturated rings. The monoisotopic (exact) mass is 351 g/mol. The number of aromatic nitrogens is 1. The number of rotatable bonds is 10. The topological polar surface area (TPSA) is 70.0 Å². The van der Waals surface area contributed by atoms with Crippen LogP contribution in [0.4, 0.5) is 0 Å². The van der Waals surface area contributed by atoms with Crippen LogP contribution in [0.25, 0.3) is 0 Å². The van der Waals surface area contributed by atoms with Crippen LogP contribution in [-0.2, 0) is 14.2 Å². The molecule has 6 heteroatoms. The predicted molar refractivity (Wildman–Crippen MR) is 94.2 cm³/mol. The van der Waals surface area contributed by atoms with Crippen LogP contribution in [0.15, 0.2) is 30.5 Å². The Hall–Kier alpha value is -1.47. The maximum atomic E-state index is 10.2. The van der Waals surface area contributed by atoms with Gasteiger partial charge in [-0.1, -0.05) is 12.2 Å². The Labute approximate surface area is 149 Å². The Bertz CT molecular complexity index is 522. The van der Waals surface area contributed by atoms with Crippen molar-refractivity contribution >= 4 is 0 Å². The van der Waals surface area contributed by atoms with Gasteiger partial charge >= 0.3 is 0 Å². The number of hydrogen-bond donors (Lipinski definition) is 1. The second-order valence-corrected chi connectivity index (χ2v) is 5.91. The molecule has 1 atom stereocenters. The molecule has 0 amide bonds. The summed E-state index contributed by atoms with van der Waals surface area (Å²) in [4.78, 5) is 4.20. The van der Waals surface area contributed by atoms with Crippen LogP contribution >= 0.6 is 0 Å². The average Bonchev–Trinajstić information content (AvgIpc) is 2.62. The molecule has 0 aliphatic carbocycles. The fraction of sp³-hybridized carbons (Fsp3) is 0.632. The van der Waals surface area contributed by atoms with Crippen LogP contribution in [0.2, 0.25) is 0 Å². The number of ether oxygens (including phenoxy) is 4. The maximum absolute atomic E-state index is 10.2. The Morgan fingerprint density at radius 3 is 2.76 bits per heavy atom. The van der Waals surface area contributed by atoms with Crippen molar-refractivity contribution in [2.75, 3.05) is 26.4 Å². The number of nitrogens with zero attached hydrogens (tertiary/aromatic N) is 1. The Morgan fingerprint density at radius 1 is 1.28 bits per heavy atom. The summed E-state index contributed by atoms with van der Waals surface area (Å²) in [5.41, 5.74) is 0.877. The zero-order valence-electron chi connectivity index (χ0n) is 15.1. The summed E-state index contributed by atoms with van der Waals surface area (Å²) in [5, 5.41) is 10.2. The molecule has 1 unspecified atom stereocenters. The lowest BCUT2D eigenvalue weighted by atomic mass is 10.0. The van der Waals surface area contributed by atoms with Crippen LogP contribution in [0.5, 0.6) is 5.88 Å². The van der Waals surface area contributed by atoms with E-state index in [2.05, 4.69) is 4.98 Å². The molecule has 0 aromatic carbocycles. The first-order valence-corrected chi connectivity index (χ1v) is 9.00. The minimum Gasteiger partial charge on any atom is -0.473 e. The second kappa shape index (κ2) is 10.5. The van der Waals surface area contributed by atoms with Gasteiger partial charge in [0, 0.05) is 43.9 Å². The van der Waals surface area contributed by atoms with Gasteiger partial charge in [0.2, 0.25) is 5.88 Å². The Balaban J connectivity index is 1.82. The highest BCUT2D eigenvalue weighted by atomic mass is 16.7. The van der Waals surface area contributed by atoms with Crippen molar-refractivity contribution in [1.29, 1.82) is 0 Å². The van der Waals surface area contributed by atoms with E-state index >= 15 is 0 Å². The largest absolute Gasteiger partial charge is 0.473 e. The molecule has 6 nitrogen and oxygen atoms in total.